The molecule has 0 radical (unpaired) electrons. The fourth-order valence-corrected chi connectivity index (χ4v) is 9.42. The van der Waals surface area contributed by atoms with E-state index in [9.17, 15) is 0 Å². The minimum Gasteiger partial charge on any atom is -0.403 e. The molecule has 0 aromatic rings. The van der Waals surface area contributed by atoms with Gasteiger partial charge in [0.2, 0.25) is 0 Å². The van der Waals surface area contributed by atoms with Gasteiger partial charge in [0, 0.05) is 0 Å². The maximum absolute atomic E-state index is 6.39. The first-order valence-electron chi connectivity index (χ1n) is 7.88. The Balaban J connectivity index is 5.39. The van der Waals surface area contributed by atoms with Crippen LogP contribution in [-0.2, 0) is 12.9 Å². The molecule has 7 heteroatoms. The molecule has 0 saturated heterocycles. The first-order chi connectivity index (χ1) is 9.73. The highest BCUT2D eigenvalue weighted by atomic mass is 31.2. The summed E-state index contributed by atoms with van der Waals surface area (Å²) in [6.45, 7) is 21.9. The second-order valence-corrected chi connectivity index (χ2v) is 23.7. The smallest absolute Gasteiger partial charge is 0.191 e. The number of hydrogen-bond acceptors (Lipinski definition) is 3. The maximum atomic E-state index is 6.39. The molecule has 0 fully saturated rings. The lowest BCUT2D eigenvalue weighted by atomic mass is 10.4. The van der Waals surface area contributed by atoms with Gasteiger partial charge in [0.15, 0.2) is 33.3 Å². The molecule has 0 aromatic carbocycles. The number of allylic oxidation sites excluding steroid dienone is 3. The molecule has 0 heterocycles. The Bertz CT molecular complexity index is 363. The summed E-state index contributed by atoms with van der Waals surface area (Å²) >= 11 is 0. The van der Waals surface area contributed by atoms with Gasteiger partial charge >= 0.3 is 0 Å². The quantitative estimate of drug-likeness (QED) is 0.267. The van der Waals surface area contributed by atoms with Crippen LogP contribution in [0.5, 0.6) is 0 Å². The van der Waals surface area contributed by atoms with E-state index in [-0.39, 0.29) is 5.85 Å². The van der Waals surface area contributed by atoms with E-state index in [1.165, 1.54) is 0 Å². The Hall–Kier alpha value is 0.441. The van der Waals surface area contributed by atoms with Gasteiger partial charge < -0.3 is 12.9 Å². The van der Waals surface area contributed by atoms with Gasteiger partial charge in [-0.05, 0) is 71.9 Å². The third kappa shape index (κ3) is 12.9. The number of hydrogen-bond donors (Lipinski definition) is 0. The van der Waals surface area contributed by atoms with Crippen LogP contribution < -0.4 is 0 Å². The fraction of sp³-hybridized carbons (Fsp3) is 0.733. The van der Waals surface area contributed by atoms with Crippen LogP contribution in [0.2, 0.25) is 58.9 Å². The predicted molar refractivity (Wildman–Crippen MR) is 108 cm³/mol. The van der Waals surface area contributed by atoms with Crippen LogP contribution in [0.15, 0.2) is 24.3 Å². The molecule has 0 aliphatic rings. The molecule has 0 amide bonds. The Morgan fingerprint density at radius 1 is 0.727 bits per heavy atom. The van der Waals surface area contributed by atoms with Crippen molar-refractivity contribution >= 4 is 33.3 Å². The molecule has 0 aliphatic heterocycles. The summed E-state index contributed by atoms with van der Waals surface area (Å²) in [5, 5.41) is 0. The van der Waals surface area contributed by atoms with Crippen molar-refractivity contribution in [1.82, 2.24) is 0 Å². The Labute approximate surface area is 142 Å². The zero-order chi connectivity index (χ0) is 17.6. The van der Waals surface area contributed by atoms with Crippen LogP contribution in [0.3, 0.4) is 0 Å². The third-order valence-electron chi connectivity index (χ3n) is 1.99. The minimum atomic E-state index is -1.70. The molecule has 130 valence electrons. The van der Waals surface area contributed by atoms with Crippen LogP contribution in [0.1, 0.15) is 6.92 Å². The summed E-state index contributed by atoms with van der Waals surface area (Å²) in [4.78, 5) is 0. The van der Waals surface area contributed by atoms with Crippen LogP contribution in [0.25, 0.3) is 0 Å². The van der Waals surface area contributed by atoms with Crippen molar-refractivity contribution in [2.75, 3.05) is 0 Å². The highest BCUT2D eigenvalue weighted by molar-refractivity contribution is 7.51. The fourth-order valence-electron chi connectivity index (χ4n) is 1.45. The average Bonchev–Trinajstić information content (AvgIpc) is 2.21. The normalized spacial score (nSPS) is 16.1. The predicted octanol–water partition coefficient (Wildman–Crippen LogP) is 6.31. The molecular formula is C15H35O3PSi3. The summed E-state index contributed by atoms with van der Waals surface area (Å²) in [7, 11) is -6.14. The lowest BCUT2D eigenvalue weighted by molar-refractivity contribution is 0.289. The van der Waals surface area contributed by atoms with Crippen molar-refractivity contribution in [2.24, 2.45) is 0 Å². The van der Waals surface area contributed by atoms with Crippen molar-refractivity contribution in [2.45, 2.75) is 71.7 Å². The molecule has 0 aliphatic carbocycles. The zero-order valence-electron chi connectivity index (χ0n) is 16.1. The van der Waals surface area contributed by atoms with Gasteiger partial charge in [-0.2, -0.15) is 0 Å². The van der Waals surface area contributed by atoms with E-state index in [0.29, 0.717) is 0 Å². The van der Waals surface area contributed by atoms with Gasteiger partial charge in [-0.25, -0.2) is 0 Å². The second-order valence-electron chi connectivity index (χ2n) is 8.22. The molecule has 0 bridgehead atoms. The highest BCUT2D eigenvalue weighted by Crippen LogP contribution is 2.50. The van der Waals surface area contributed by atoms with E-state index in [2.05, 4.69) is 65.0 Å². The zero-order valence-corrected chi connectivity index (χ0v) is 20.0. The largest absolute Gasteiger partial charge is 0.403 e. The molecule has 0 saturated carbocycles. The highest BCUT2D eigenvalue weighted by Gasteiger charge is 2.35. The molecule has 0 spiro atoms. The summed E-state index contributed by atoms with van der Waals surface area (Å²) < 4.78 is 19.2. The van der Waals surface area contributed by atoms with Gasteiger partial charge in [-0.15, -0.1) is 0 Å². The first-order valence-corrected chi connectivity index (χ1v) is 19.4. The van der Waals surface area contributed by atoms with Crippen molar-refractivity contribution in [3.63, 3.8) is 0 Å². The lowest BCUT2D eigenvalue weighted by Gasteiger charge is -2.36. The maximum Gasteiger partial charge on any atom is 0.191 e. The van der Waals surface area contributed by atoms with Gasteiger partial charge in [0.05, 0.1) is 0 Å². The van der Waals surface area contributed by atoms with E-state index in [4.69, 9.17) is 12.9 Å². The lowest BCUT2D eigenvalue weighted by Crippen LogP contribution is -2.36. The molecule has 3 nitrogen and oxygen atoms in total. The van der Waals surface area contributed by atoms with Gasteiger partial charge in [-0.3, -0.25) is 0 Å². The van der Waals surface area contributed by atoms with E-state index >= 15 is 0 Å². The summed E-state index contributed by atoms with van der Waals surface area (Å²) in [5.74, 6) is -0.0867. The van der Waals surface area contributed by atoms with Crippen molar-refractivity contribution < 1.29 is 12.9 Å². The van der Waals surface area contributed by atoms with Crippen LogP contribution in [0, 0.1) is 0 Å². The van der Waals surface area contributed by atoms with Crippen molar-refractivity contribution in [1.29, 1.82) is 0 Å². The van der Waals surface area contributed by atoms with Crippen LogP contribution in [0.4, 0.5) is 0 Å². The first kappa shape index (κ1) is 22.4. The van der Waals surface area contributed by atoms with Gasteiger partial charge in [0.25, 0.3) is 0 Å². The van der Waals surface area contributed by atoms with Crippen molar-refractivity contribution in [3.05, 3.63) is 24.3 Å². The molecule has 0 N–H and O–H groups in total. The molecule has 0 rings (SSSR count). The number of rotatable bonds is 9. The van der Waals surface area contributed by atoms with Crippen LogP contribution in [-0.4, -0.2) is 30.8 Å². The van der Waals surface area contributed by atoms with Crippen LogP contribution >= 0.6 is 8.38 Å². The Morgan fingerprint density at radius 3 is 1.50 bits per heavy atom. The van der Waals surface area contributed by atoms with Gasteiger partial charge in [0.1, 0.15) is 5.85 Å². The topological polar surface area (TPSA) is 27.7 Å². The minimum absolute atomic E-state index is 0.0867. The molecule has 1 unspecified atom stereocenters. The Morgan fingerprint density at radius 2 is 1.18 bits per heavy atom. The average molecular weight is 379 g/mol. The van der Waals surface area contributed by atoms with E-state index in [1.807, 2.05) is 25.2 Å². The SMILES string of the molecule is CC=CC=CC(O[Si](C)(C)C)P(O[Si](C)(C)C)O[Si](C)(C)C. The second kappa shape index (κ2) is 9.06. The standard InChI is InChI=1S/C15H35O3PSi3/c1-11-12-13-14-15(16-20(2,3)4)19(17-21(5,6)7)18-22(8,9)10/h11-15H,1-10H3. The van der Waals surface area contributed by atoms with Gasteiger partial charge in [-0.1, -0.05) is 18.2 Å². The molecule has 1 atom stereocenters. The monoisotopic (exact) mass is 378 g/mol. The summed E-state index contributed by atoms with van der Waals surface area (Å²) in [5.41, 5.74) is 0. The molecule has 0 aromatic heterocycles. The Kier molecular flexibility index (Phi) is 9.24. The summed E-state index contributed by atoms with van der Waals surface area (Å²) in [6.07, 6.45) is 8.19. The van der Waals surface area contributed by atoms with Crippen molar-refractivity contribution in [3.8, 4) is 0 Å². The van der Waals surface area contributed by atoms with E-state index < -0.39 is 33.3 Å². The molecular weight excluding hydrogens is 343 g/mol. The molecule has 22 heavy (non-hydrogen) atoms. The van der Waals surface area contributed by atoms with E-state index in [0.717, 1.165) is 0 Å². The summed E-state index contributed by atoms with van der Waals surface area (Å²) in [6, 6.07) is 0. The third-order valence-corrected chi connectivity index (χ3v) is 9.66. The van der Waals surface area contributed by atoms with E-state index in [1.54, 1.807) is 0 Å².